The van der Waals surface area contributed by atoms with Gasteiger partial charge in [-0.25, -0.2) is 15.0 Å². The van der Waals surface area contributed by atoms with Crippen molar-refractivity contribution in [2.75, 3.05) is 0 Å². The SMILES string of the molecule is C1=CCCC(c2nc(-c3ccccc3)nc(-c3cccc(-c4cccc(-n5c6ccccc6c6cc(-c7ccccc7)ccc65)c4)c3)n2)=C1. The molecular weight excluding hydrogens is 597 g/mol. The maximum absolute atomic E-state index is 5.01. The van der Waals surface area contributed by atoms with Crippen molar-refractivity contribution in [3.8, 4) is 50.7 Å². The fraction of sp³-hybridized carbons (Fsp3) is 0.0444. The van der Waals surface area contributed by atoms with E-state index in [1.54, 1.807) is 0 Å². The summed E-state index contributed by atoms with van der Waals surface area (Å²) in [6.45, 7) is 0. The Morgan fingerprint density at radius 2 is 1.04 bits per heavy atom. The summed E-state index contributed by atoms with van der Waals surface area (Å²) in [6.07, 6.45) is 8.30. The van der Waals surface area contributed by atoms with Crippen molar-refractivity contribution in [3.05, 3.63) is 176 Å². The number of rotatable bonds is 6. The number of fused-ring (bicyclic) bond motifs is 3. The van der Waals surface area contributed by atoms with Gasteiger partial charge in [-0.05, 0) is 77.1 Å². The van der Waals surface area contributed by atoms with Crippen molar-refractivity contribution in [1.82, 2.24) is 19.5 Å². The van der Waals surface area contributed by atoms with Crippen LogP contribution in [-0.2, 0) is 0 Å². The molecule has 0 amide bonds. The fourth-order valence-corrected chi connectivity index (χ4v) is 6.88. The van der Waals surface area contributed by atoms with Crippen molar-refractivity contribution in [2.24, 2.45) is 0 Å². The van der Waals surface area contributed by atoms with Crippen LogP contribution < -0.4 is 0 Å². The maximum Gasteiger partial charge on any atom is 0.164 e. The summed E-state index contributed by atoms with van der Waals surface area (Å²) >= 11 is 0. The van der Waals surface area contributed by atoms with Crippen molar-refractivity contribution >= 4 is 27.4 Å². The summed E-state index contributed by atoms with van der Waals surface area (Å²) in [7, 11) is 0. The molecule has 1 aliphatic rings. The lowest BCUT2D eigenvalue weighted by Gasteiger charge is -2.13. The van der Waals surface area contributed by atoms with Crippen LogP contribution in [0.4, 0.5) is 0 Å². The first-order valence-corrected chi connectivity index (χ1v) is 16.8. The highest BCUT2D eigenvalue weighted by atomic mass is 15.0. The molecule has 0 fully saturated rings. The Hall–Kier alpha value is -6.39. The maximum atomic E-state index is 5.01. The van der Waals surface area contributed by atoms with Crippen molar-refractivity contribution in [2.45, 2.75) is 12.8 Å². The number of benzene rings is 6. The minimum absolute atomic E-state index is 0.675. The van der Waals surface area contributed by atoms with Crippen LogP contribution in [-0.4, -0.2) is 19.5 Å². The van der Waals surface area contributed by atoms with Gasteiger partial charge in [-0.2, -0.15) is 0 Å². The molecule has 0 aliphatic heterocycles. The Kier molecular flexibility index (Phi) is 7.25. The van der Waals surface area contributed by atoms with Gasteiger partial charge in [0.1, 0.15) is 0 Å². The van der Waals surface area contributed by atoms with E-state index in [2.05, 4.69) is 156 Å². The van der Waals surface area contributed by atoms with Crippen LogP contribution in [0.3, 0.4) is 0 Å². The highest BCUT2D eigenvalue weighted by molar-refractivity contribution is 6.10. The molecule has 0 bridgehead atoms. The standard InChI is InChI=1S/C45H32N4/c1-4-14-31(15-5-1)36-26-27-42-40(30-36)39-24-10-11-25-41(39)49(42)38-23-13-21-35(29-38)34-20-12-22-37(28-34)45-47-43(32-16-6-2-7-17-32)46-44(48-45)33-18-8-3-9-19-33/h1-8,10-18,20-30H,9,19H2. The molecule has 0 unspecified atom stereocenters. The van der Waals surface area contributed by atoms with E-state index in [9.17, 15) is 0 Å². The highest BCUT2D eigenvalue weighted by Gasteiger charge is 2.16. The second kappa shape index (κ2) is 12.3. The first-order valence-electron chi connectivity index (χ1n) is 16.8. The van der Waals surface area contributed by atoms with E-state index in [0.29, 0.717) is 11.6 Å². The van der Waals surface area contributed by atoms with Gasteiger partial charge in [0.25, 0.3) is 0 Å². The Bertz CT molecular complexity index is 2540. The number of allylic oxidation sites excluding steroid dienone is 4. The van der Waals surface area contributed by atoms with Crippen molar-refractivity contribution in [3.63, 3.8) is 0 Å². The Morgan fingerprint density at radius 3 is 1.84 bits per heavy atom. The molecule has 2 heterocycles. The topological polar surface area (TPSA) is 43.6 Å². The van der Waals surface area contributed by atoms with Crippen LogP contribution in [0.15, 0.2) is 170 Å². The van der Waals surface area contributed by atoms with E-state index < -0.39 is 0 Å². The monoisotopic (exact) mass is 628 g/mol. The molecular formula is C45H32N4. The largest absolute Gasteiger partial charge is 0.309 e. The normalized spacial score (nSPS) is 12.8. The summed E-state index contributed by atoms with van der Waals surface area (Å²) in [5.41, 5.74) is 11.2. The van der Waals surface area contributed by atoms with Crippen LogP contribution in [0, 0.1) is 0 Å². The molecule has 9 rings (SSSR count). The Balaban J connectivity index is 1.14. The van der Waals surface area contributed by atoms with Gasteiger partial charge >= 0.3 is 0 Å². The smallest absolute Gasteiger partial charge is 0.164 e. The van der Waals surface area contributed by atoms with Gasteiger partial charge in [0, 0.05) is 27.6 Å². The number of nitrogens with zero attached hydrogens (tertiary/aromatic N) is 4. The minimum atomic E-state index is 0.675. The summed E-state index contributed by atoms with van der Waals surface area (Å²) in [4.78, 5) is 14.9. The van der Waals surface area contributed by atoms with Gasteiger partial charge in [-0.15, -0.1) is 0 Å². The number of para-hydroxylation sites is 1. The summed E-state index contributed by atoms with van der Waals surface area (Å²) in [5, 5.41) is 2.49. The van der Waals surface area contributed by atoms with E-state index in [0.717, 1.165) is 52.2 Å². The van der Waals surface area contributed by atoms with Crippen LogP contribution >= 0.6 is 0 Å². The second-order valence-corrected chi connectivity index (χ2v) is 12.4. The van der Waals surface area contributed by atoms with Gasteiger partial charge in [0.15, 0.2) is 17.5 Å². The third kappa shape index (κ3) is 5.43. The number of aromatic nitrogens is 4. The van der Waals surface area contributed by atoms with Crippen molar-refractivity contribution in [1.29, 1.82) is 0 Å². The van der Waals surface area contributed by atoms with E-state index in [4.69, 9.17) is 15.0 Å². The number of hydrogen-bond acceptors (Lipinski definition) is 3. The minimum Gasteiger partial charge on any atom is -0.309 e. The summed E-state index contributed by atoms with van der Waals surface area (Å²) in [5.74, 6) is 2.10. The zero-order valence-electron chi connectivity index (χ0n) is 26.9. The quantitative estimate of drug-likeness (QED) is 0.184. The zero-order chi connectivity index (χ0) is 32.6. The lowest BCUT2D eigenvalue weighted by atomic mass is 10.0. The average molecular weight is 629 g/mol. The van der Waals surface area contributed by atoms with E-state index in [-0.39, 0.29) is 0 Å². The average Bonchev–Trinajstić information content (AvgIpc) is 3.52. The molecule has 1 aliphatic carbocycles. The van der Waals surface area contributed by atoms with Gasteiger partial charge in [0.05, 0.1) is 11.0 Å². The zero-order valence-corrected chi connectivity index (χ0v) is 26.9. The Morgan fingerprint density at radius 1 is 0.429 bits per heavy atom. The molecule has 4 nitrogen and oxygen atoms in total. The fourth-order valence-electron chi connectivity index (χ4n) is 6.88. The molecule has 0 atom stereocenters. The van der Waals surface area contributed by atoms with Gasteiger partial charge in [-0.3, -0.25) is 0 Å². The van der Waals surface area contributed by atoms with E-state index >= 15 is 0 Å². The predicted octanol–water partition coefficient (Wildman–Crippen LogP) is 11.4. The molecule has 2 aromatic heterocycles. The molecule has 49 heavy (non-hydrogen) atoms. The molecule has 0 saturated heterocycles. The molecule has 232 valence electrons. The molecule has 0 saturated carbocycles. The van der Waals surface area contributed by atoms with E-state index in [1.807, 2.05) is 18.2 Å². The molecule has 0 radical (unpaired) electrons. The highest BCUT2D eigenvalue weighted by Crippen LogP contribution is 2.36. The Labute approximate surface area is 285 Å². The van der Waals surface area contributed by atoms with Crippen LogP contribution in [0.5, 0.6) is 0 Å². The third-order valence-electron chi connectivity index (χ3n) is 9.31. The van der Waals surface area contributed by atoms with Gasteiger partial charge < -0.3 is 4.57 Å². The lowest BCUT2D eigenvalue weighted by Crippen LogP contribution is -2.03. The summed E-state index contributed by atoms with van der Waals surface area (Å²) < 4.78 is 2.38. The van der Waals surface area contributed by atoms with Crippen LogP contribution in [0.25, 0.3) is 78.1 Å². The molecule has 0 spiro atoms. The molecule has 4 heteroatoms. The molecule has 6 aromatic carbocycles. The molecule has 0 N–H and O–H groups in total. The van der Waals surface area contributed by atoms with Gasteiger partial charge in [0.2, 0.25) is 0 Å². The number of hydrogen-bond donors (Lipinski definition) is 0. The van der Waals surface area contributed by atoms with Crippen molar-refractivity contribution < 1.29 is 0 Å². The second-order valence-electron chi connectivity index (χ2n) is 12.4. The van der Waals surface area contributed by atoms with Crippen LogP contribution in [0.1, 0.15) is 18.7 Å². The first kappa shape index (κ1) is 28.8. The summed E-state index contributed by atoms with van der Waals surface area (Å²) in [6, 6.07) is 53.6. The predicted molar refractivity (Wildman–Crippen MR) is 202 cm³/mol. The third-order valence-corrected chi connectivity index (χ3v) is 9.31. The lowest BCUT2D eigenvalue weighted by molar-refractivity contribution is 0.978. The van der Waals surface area contributed by atoms with Crippen LogP contribution in [0.2, 0.25) is 0 Å². The van der Waals surface area contributed by atoms with Gasteiger partial charge in [-0.1, -0.05) is 133 Å². The molecule has 8 aromatic rings. The van der Waals surface area contributed by atoms with E-state index in [1.165, 1.54) is 32.9 Å². The first-order chi connectivity index (χ1) is 24.3.